The molecule has 0 saturated carbocycles. The molecule has 7 nitrogen and oxygen atoms in total. The zero-order valence-electron chi connectivity index (χ0n) is 18.6. The average molecular weight is 468 g/mol. The minimum Gasteiger partial charge on any atom is -0.462 e. The summed E-state index contributed by atoms with van der Waals surface area (Å²) in [6.45, 7) is 4.73. The summed E-state index contributed by atoms with van der Waals surface area (Å²) in [5.41, 5.74) is 2.35. The van der Waals surface area contributed by atoms with E-state index in [1.165, 1.54) is 0 Å². The van der Waals surface area contributed by atoms with Crippen LogP contribution in [0.3, 0.4) is 0 Å². The average Bonchev–Trinajstić information content (AvgIpc) is 3.44. The second-order valence-corrected chi connectivity index (χ2v) is 9.37. The Hall–Kier alpha value is -2.90. The molecule has 33 heavy (non-hydrogen) atoms. The number of aryl methyl sites for hydroxylation is 1. The number of nitrogens with one attached hydrogen (secondary N) is 2. The lowest BCUT2D eigenvalue weighted by Crippen LogP contribution is -2.53. The van der Waals surface area contributed by atoms with E-state index in [0.29, 0.717) is 29.3 Å². The van der Waals surface area contributed by atoms with E-state index >= 15 is 0 Å². The van der Waals surface area contributed by atoms with Crippen LogP contribution in [0.15, 0.2) is 36.4 Å². The van der Waals surface area contributed by atoms with Gasteiger partial charge >= 0.3 is 5.97 Å². The first-order chi connectivity index (χ1) is 15.9. The van der Waals surface area contributed by atoms with E-state index in [9.17, 15) is 14.4 Å². The number of fused-ring (bicyclic) bond motifs is 4. The summed E-state index contributed by atoms with van der Waals surface area (Å²) in [4.78, 5) is 41.3. The van der Waals surface area contributed by atoms with Crippen LogP contribution in [0.25, 0.3) is 0 Å². The molecule has 0 aromatic heterocycles. The molecular weight excluding hydrogens is 442 g/mol. The molecule has 3 heterocycles. The molecule has 8 heteroatoms. The van der Waals surface area contributed by atoms with Crippen molar-refractivity contribution in [3.8, 4) is 0 Å². The highest BCUT2D eigenvalue weighted by molar-refractivity contribution is 6.31. The lowest BCUT2D eigenvalue weighted by molar-refractivity contribution is -0.135. The molecule has 0 aliphatic carbocycles. The Bertz CT molecular complexity index is 1150. The van der Waals surface area contributed by atoms with Crippen molar-refractivity contribution in [1.82, 2.24) is 4.90 Å². The van der Waals surface area contributed by atoms with Gasteiger partial charge in [0.1, 0.15) is 5.54 Å². The van der Waals surface area contributed by atoms with Crippen molar-refractivity contribution in [2.45, 2.75) is 44.7 Å². The van der Waals surface area contributed by atoms with Crippen LogP contribution in [0, 0.1) is 12.8 Å². The zero-order valence-corrected chi connectivity index (χ0v) is 19.4. The van der Waals surface area contributed by atoms with Gasteiger partial charge in [-0.05, 0) is 81.6 Å². The van der Waals surface area contributed by atoms with Crippen molar-refractivity contribution in [2.75, 3.05) is 23.8 Å². The zero-order chi connectivity index (χ0) is 23.3. The molecule has 5 rings (SSSR count). The Morgan fingerprint density at radius 1 is 1.27 bits per heavy atom. The number of anilines is 2. The van der Waals surface area contributed by atoms with E-state index in [4.69, 9.17) is 16.3 Å². The molecule has 0 bridgehead atoms. The van der Waals surface area contributed by atoms with E-state index in [-0.39, 0.29) is 17.9 Å². The Morgan fingerprint density at radius 3 is 2.76 bits per heavy atom. The van der Waals surface area contributed by atoms with Gasteiger partial charge in [0.15, 0.2) is 0 Å². The second-order valence-electron chi connectivity index (χ2n) is 8.93. The number of hydrogen-bond acceptors (Lipinski definition) is 5. The standard InChI is InChI=1S/C25H26ClN3O4/c1-3-33-23(31)15-6-8-17(9-7-15)27-22(30)20-13-18-5-4-10-29(18)25(20)19-12-16(26)11-14(2)21(19)28-24(25)32/h6-9,11-12,18,20H,3-5,10,13H2,1-2H3,(H,27,30)(H,28,32)/t18-,20-,25+/m1/s1. The van der Waals surface area contributed by atoms with Crippen molar-refractivity contribution >= 4 is 40.8 Å². The van der Waals surface area contributed by atoms with E-state index < -0.39 is 17.4 Å². The van der Waals surface area contributed by atoms with Crippen LogP contribution < -0.4 is 10.6 Å². The number of carbonyl (C=O) groups excluding carboxylic acids is 3. The molecule has 2 aromatic rings. The molecule has 172 valence electrons. The highest BCUT2D eigenvalue weighted by atomic mass is 35.5. The van der Waals surface area contributed by atoms with Crippen molar-refractivity contribution < 1.29 is 19.1 Å². The number of benzene rings is 2. The maximum Gasteiger partial charge on any atom is 0.338 e. The Balaban J connectivity index is 1.49. The molecule has 1 spiro atoms. The molecule has 3 atom stereocenters. The van der Waals surface area contributed by atoms with Crippen LogP contribution in [0.5, 0.6) is 0 Å². The van der Waals surface area contributed by atoms with Gasteiger partial charge in [-0.1, -0.05) is 11.6 Å². The number of hydrogen-bond donors (Lipinski definition) is 2. The predicted octanol–water partition coefficient (Wildman–Crippen LogP) is 4.10. The highest BCUT2D eigenvalue weighted by Crippen LogP contribution is 2.56. The summed E-state index contributed by atoms with van der Waals surface area (Å²) in [6, 6.07) is 10.4. The number of carbonyl (C=O) groups is 3. The summed E-state index contributed by atoms with van der Waals surface area (Å²) in [7, 11) is 0. The van der Waals surface area contributed by atoms with Gasteiger partial charge in [-0.3, -0.25) is 14.5 Å². The quantitative estimate of drug-likeness (QED) is 0.661. The van der Waals surface area contributed by atoms with E-state index in [2.05, 4.69) is 15.5 Å². The van der Waals surface area contributed by atoms with E-state index in [1.54, 1.807) is 31.2 Å². The molecular formula is C25H26ClN3O4. The van der Waals surface area contributed by atoms with Gasteiger partial charge in [-0.2, -0.15) is 0 Å². The largest absolute Gasteiger partial charge is 0.462 e. The smallest absolute Gasteiger partial charge is 0.338 e. The van der Waals surface area contributed by atoms with Gasteiger partial charge in [0.05, 0.1) is 18.1 Å². The first-order valence-corrected chi connectivity index (χ1v) is 11.7. The van der Waals surface area contributed by atoms with Crippen LogP contribution in [-0.2, 0) is 19.9 Å². The molecule has 2 N–H and O–H groups in total. The third-order valence-corrected chi connectivity index (χ3v) is 7.34. The molecule has 2 fully saturated rings. The summed E-state index contributed by atoms with van der Waals surface area (Å²) in [6.07, 6.45) is 2.56. The summed E-state index contributed by atoms with van der Waals surface area (Å²) in [5, 5.41) is 6.57. The van der Waals surface area contributed by atoms with Crippen molar-refractivity contribution in [3.05, 3.63) is 58.1 Å². The number of esters is 1. The van der Waals surface area contributed by atoms with Crippen LogP contribution in [-0.4, -0.2) is 41.9 Å². The van der Waals surface area contributed by atoms with Gasteiger partial charge in [0, 0.05) is 28.0 Å². The predicted molar refractivity (Wildman–Crippen MR) is 125 cm³/mol. The molecule has 0 radical (unpaired) electrons. The summed E-state index contributed by atoms with van der Waals surface area (Å²) in [5.74, 6) is -1.34. The number of ether oxygens (including phenoxy) is 1. The molecule has 2 aromatic carbocycles. The Labute approximate surface area is 197 Å². The van der Waals surface area contributed by atoms with Crippen molar-refractivity contribution in [1.29, 1.82) is 0 Å². The van der Waals surface area contributed by atoms with E-state index in [1.807, 2.05) is 19.1 Å². The van der Waals surface area contributed by atoms with Gasteiger partial charge in [0.25, 0.3) is 0 Å². The Kier molecular flexibility index (Phi) is 5.41. The summed E-state index contributed by atoms with van der Waals surface area (Å²) < 4.78 is 5.01. The van der Waals surface area contributed by atoms with Gasteiger partial charge in [-0.15, -0.1) is 0 Å². The van der Waals surface area contributed by atoms with Crippen LogP contribution >= 0.6 is 11.6 Å². The first kappa shape index (κ1) is 21.9. The lowest BCUT2D eigenvalue weighted by Gasteiger charge is -2.36. The maximum atomic E-state index is 13.6. The lowest BCUT2D eigenvalue weighted by atomic mass is 9.78. The number of amides is 2. The fourth-order valence-electron chi connectivity index (χ4n) is 5.79. The number of nitrogens with zero attached hydrogens (tertiary/aromatic N) is 1. The molecule has 3 aliphatic heterocycles. The van der Waals surface area contributed by atoms with Crippen LogP contribution in [0.2, 0.25) is 5.02 Å². The maximum absolute atomic E-state index is 13.6. The third-order valence-electron chi connectivity index (χ3n) is 7.12. The molecule has 0 unspecified atom stereocenters. The van der Waals surface area contributed by atoms with Gasteiger partial charge in [0.2, 0.25) is 11.8 Å². The number of rotatable bonds is 4. The second kappa shape index (κ2) is 8.15. The normalized spacial score (nSPS) is 25.6. The molecule has 2 amide bonds. The third kappa shape index (κ3) is 3.33. The molecule has 3 aliphatic rings. The van der Waals surface area contributed by atoms with E-state index in [0.717, 1.165) is 36.2 Å². The SMILES string of the molecule is CCOC(=O)c1ccc(NC(=O)[C@H]2C[C@H]3CCCN3[C@]23C(=O)Nc2c(C)cc(Cl)cc23)cc1. The minimum absolute atomic E-state index is 0.162. The summed E-state index contributed by atoms with van der Waals surface area (Å²) >= 11 is 6.40. The van der Waals surface area contributed by atoms with Crippen molar-refractivity contribution in [3.63, 3.8) is 0 Å². The Morgan fingerprint density at radius 2 is 2.03 bits per heavy atom. The van der Waals surface area contributed by atoms with Gasteiger partial charge in [-0.25, -0.2) is 4.79 Å². The minimum atomic E-state index is -1.07. The van der Waals surface area contributed by atoms with Crippen LogP contribution in [0.4, 0.5) is 11.4 Å². The van der Waals surface area contributed by atoms with Gasteiger partial charge < -0.3 is 15.4 Å². The monoisotopic (exact) mass is 467 g/mol. The first-order valence-electron chi connectivity index (χ1n) is 11.3. The highest BCUT2D eigenvalue weighted by Gasteiger charge is 2.65. The van der Waals surface area contributed by atoms with Crippen LogP contribution in [0.1, 0.15) is 47.7 Å². The molecule has 2 saturated heterocycles. The number of halogens is 1. The fraction of sp³-hybridized carbons (Fsp3) is 0.400. The topological polar surface area (TPSA) is 87.7 Å². The van der Waals surface area contributed by atoms with Crippen molar-refractivity contribution in [2.24, 2.45) is 5.92 Å². The fourth-order valence-corrected chi connectivity index (χ4v) is 6.06.